The number of carboxylic acid groups (broad SMARTS) is 1. The summed E-state index contributed by atoms with van der Waals surface area (Å²) in [6, 6.07) is 3.93. The third-order valence-electron chi connectivity index (χ3n) is 3.27. The van der Waals surface area contributed by atoms with Gasteiger partial charge in [0.05, 0.1) is 18.7 Å². The van der Waals surface area contributed by atoms with Crippen molar-refractivity contribution in [2.45, 2.75) is 19.6 Å². The lowest BCUT2D eigenvalue weighted by atomic mass is 10.1. The van der Waals surface area contributed by atoms with Gasteiger partial charge in [0.15, 0.2) is 0 Å². The lowest BCUT2D eigenvalue weighted by molar-refractivity contribution is -0.144. The van der Waals surface area contributed by atoms with Gasteiger partial charge in [-0.15, -0.1) is 0 Å². The monoisotopic (exact) mass is 389 g/mol. The zero-order valence-electron chi connectivity index (χ0n) is 14.3. The Labute approximate surface area is 152 Å². The van der Waals surface area contributed by atoms with E-state index >= 15 is 0 Å². The molecule has 0 aliphatic carbocycles. The summed E-state index contributed by atoms with van der Waals surface area (Å²) in [7, 11) is 0. The Hall–Kier alpha value is -3.11. The molecule has 0 unspecified atom stereocenters. The van der Waals surface area contributed by atoms with Crippen LogP contribution in [0.5, 0.6) is 0 Å². The number of hydrogen-bond acceptors (Lipinski definition) is 4. The standard InChI is InChI=1S/C16H18F3N3O5/c1-10(23)20-6-13(24)21-7-14(25)22(9-15(26)27)8-11-2-4-12(5-3-11)16(17,18)19/h2-5H,6-9H2,1H3,(H,20,23)(H,21,24)(H,26,27). The molecule has 1 rings (SSSR count). The fraction of sp³-hybridized carbons (Fsp3) is 0.375. The molecule has 27 heavy (non-hydrogen) atoms. The maximum absolute atomic E-state index is 12.6. The fourth-order valence-electron chi connectivity index (χ4n) is 1.97. The Morgan fingerprint density at radius 1 is 1.04 bits per heavy atom. The van der Waals surface area contributed by atoms with Crippen LogP contribution < -0.4 is 10.6 Å². The van der Waals surface area contributed by atoms with E-state index in [0.717, 1.165) is 29.2 Å². The fourth-order valence-corrected chi connectivity index (χ4v) is 1.97. The van der Waals surface area contributed by atoms with Gasteiger partial charge in [-0.3, -0.25) is 19.2 Å². The van der Waals surface area contributed by atoms with Crippen molar-refractivity contribution in [1.82, 2.24) is 15.5 Å². The van der Waals surface area contributed by atoms with E-state index in [-0.39, 0.29) is 13.1 Å². The van der Waals surface area contributed by atoms with Crippen LogP contribution in [0.3, 0.4) is 0 Å². The van der Waals surface area contributed by atoms with Crippen LogP contribution in [0.25, 0.3) is 0 Å². The number of benzene rings is 1. The molecule has 0 atom stereocenters. The Morgan fingerprint density at radius 2 is 1.63 bits per heavy atom. The molecule has 0 heterocycles. The molecule has 0 aliphatic heterocycles. The molecule has 1 aromatic rings. The van der Waals surface area contributed by atoms with E-state index in [1.54, 1.807) is 0 Å². The van der Waals surface area contributed by atoms with Crippen molar-refractivity contribution >= 4 is 23.7 Å². The van der Waals surface area contributed by atoms with Crippen LogP contribution in [0.1, 0.15) is 18.1 Å². The first-order chi connectivity index (χ1) is 12.5. The average molecular weight is 389 g/mol. The maximum atomic E-state index is 12.6. The molecule has 0 aromatic heterocycles. The number of carbonyl (C=O) groups is 4. The number of nitrogens with zero attached hydrogens (tertiary/aromatic N) is 1. The predicted molar refractivity (Wildman–Crippen MR) is 86.2 cm³/mol. The zero-order valence-corrected chi connectivity index (χ0v) is 14.3. The second-order valence-corrected chi connectivity index (χ2v) is 5.52. The number of rotatable bonds is 8. The Bertz CT molecular complexity index is 704. The summed E-state index contributed by atoms with van der Waals surface area (Å²) in [6.07, 6.45) is -4.51. The topological polar surface area (TPSA) is 116 Å². The highest BCUT2D eigenvalue weighted by Gasteiger charge is 2.30. The van der Waals surface area contributed by atoms with Gasteiger partial charge in [0, 0.05) is 13.5 Å². The number of hydrogen-bond donors (Lipinski definition) is 3. The number of amides is 3. The van der Waals surface area contributed by atoms with Gasteiger partial charge in [-0.05, 0) is 17.7 Å². The molecule has 0 radical (unpaired) electrons. The minimum atomic E-state index is -4.51. The molecule has 8 nitrogen and oxygen atoms in total. The summed E-state index contributed by atoms with van der Waals surface area (Å²) in [5, 5.41) is 13.4. The van der Waals surface area contributed by atoms with Gasteiger partial charge in [0.2, 0.25) is 17.7 Å². The number of alkyl halides is 3. The average Bonchev–Trinajstić information content (AvgIpc) is 2.56. The zero-order chi connectivity index (χ0) is 20.6. The summed E-state index contributed by atoms with van der Waals surface area (Å²) < 4.78 is 37.7. The largest absolute Gasteiger partial charge is 0.480 e. The molecule has 11 heteroatoms. The highest BCUT2D eigenvalue weighted by molar-refractivity contribution is 5.88. The van der Waals surface area contributed by atoms with E-state index in [0.29, 0.717) is 5.56 Å². The van der Waals surface area contributed by atoms with Crippen molar-refractivity contribution in [2.75, 3.05) is 19.6 Å². The minimum Gasteiger partial charge on any atom is -0.480 e. The number of aliphatic carboxylic acids is 1. The van der Waals surface area contributed by atoms with Crippen molar-refractivity contribution in [3.63, 3.8) is 0 Å². The lowest BCUT2D eigenvalue weighted by Crippen LogP contribution is -2.44. The molecule has 0 aliphatic rings. The van der Waals surface area contributed by atoms with Gasteiger partial charge in [-0.25, -0.2) is 0 Å². The van der Waals surface area contributed by atoms with Crippen LogP contribution in [0, 0.1) is 0 Å². The van der Waals surface area contributed by atoms with Crippen molar-refractivity contribution in [3.8, 4) is 0 Å². The van der Waals surface area contributed by atoms with Crippen molar-refractivity contribution in [1.29, 1.82) is 0 Å². The van der Waals surface area contributed by atoms with Crippen LogP contribution in [-0.4, -0.2) is 53.3 Å². The summed E-state index contributed by atoms with van der Waals surface area (Å²) in [4.78, 5) is 46.1. The first-order valence-electron chi connectivity index (χ1n) is 7.66. The Morgan fingerprint density at radius 3 is 2.11 bits per heavy atom. The smallest absolute Gasteiger partial charge is 0.416 e. The molecule has 0 spiro atoms. The van der Waals surface area contributed by atoms with Gasteiger partial charge in [0.1, 0.15) is 6.54 Å². The maximum Gasteiger partial charge on any atom is 0.416 e. The molecule has 1 aromatic carbocycles. The highest BCUT2D eigenvalue weighted by Crippen LogP contribution is 2.29. The van der Waals surface area contributed by atoms with Crippen LogP contribution in [0.15, 0.2) is 24.3 Å². The van der Waals surface area contributed by atoms with Gasteiger partial charge >= 0.3 is 12.1 Å². The van der Waals surface area contributed by atoms with Crippen molar-refractivity contribution in [3.05, 3.63) is 35.4 Å². The number of carbonyl (C=O) groups excluding carboxylic acids is 3. The molecule has 3 amide bonds. The first-order valence-corrected chi connectivity index (χ1v) is 7.66. The van der Waals surface area contributed by atoms with Crippen LogP contribution in [-0.2, 0) is 31.9 Å². The van der Waals surface area contributed by atoms with E-state index in [4.69, 9.17) is 5.11 Å². The van der Waals surface area contributed by atoms with Gasteiger partial charge in [0.25, 0.3) is 0 Å². The van der Waals surface area contributed by atoms with E-state index in [2.05, 4.69) is 10.6 Å². The highest BCUT2D eigenvalue weighted by atomic mass is 19.4. The van der Waals surface area contributed by atoms with Crippen molar-refractivity contribution < 1.29 is 37.5 Å². The number of carboxylic acids is 1. The van der Waals surface area contributed by atoms with E-state index in [1.807, 2.05) is 0 Å². The number of nitrogens with one attached hydrogen (secondary N) is 2. The molecule has 0 saturated heterocycles. The Kier molecular flexibility index (Phi) is 7.76. The third-order valence-corrected chi connectivity index (χ3v) is 3.27. The molecule has 0 bridgehead atoms. The second-order valence-electron chi connectivity index (χ2n) is 5.52. The quantitative estimate of drug-likeness (QED) is 0.594. The minimum absolute atomic E-state index is 0.245. The van der Waals surface area contributed by atoms with E-state index < -0.39 is 48.5 Å². The summed E-state index contributed by atoms with van der Waals surface area (Å²) in [5.41, 5.74) is -0.574. The van der Waals surface area contributed by atoms with Crippen LogP contribution >= 0.6 is 0 Å². The van der Waals surface area contributed by atoms with E-state index in [1.165, 1.54) is 6.92 Å². The normalized spacial score (nSPS) is 10.8. The summed E-state index contributed by atoms with van der Waals surface area (Å²) >= 11 is 0. The van der Waals surface area contributed by atoms with Crippen molar-refractivity contribution in [2.24, 2.45) is 0 Å². The predicted octanol–water partition coefficient (Wildman–Crippen LogP) is 0.371. The molecule has 3 N–H and O–H groups in total. The molecule has 0 saturated carbocycles. The molecule has 0 fully saturated rings. The molecule has 148 valence electrons. The van der Waals surface area contributed by atoms with Gasteiger partial charge in [-0.1, -0.05) is 12.1 Å². The summed E-state index contributed by atoms with van der Waals surface area (Å²) in [5.74, 6) is -3.15. The number of halogens is 3. The molecular formula is C16H18F3N3O5. The Balaban J connectivity index is 2.71. The molecular weight excluding hydrogens is 371 g/mol. The van der Waals surface area contributed by atoms with E-state index in [9.17, 15) is 32.3 Å². The summed E-state index contributed by atoms with van der Waals surface area (Å²) in [6.45, 7) is -0.601. The first kappa shape index (κ1) is 21.9. The van der Waals surface area contributed by atoms with Crippen LogP contribution in [0.2, 0.25) is 0 Å². The van der Waals surface area contributed by atoms with Gasteiger partial charge < -0.3 is 20.6 Å². The SMILES string of the molecule is CC(=O)NCC(=O)NCC(=O)N(CC(=O)O)Cc1ccc(C(F)(F)F)cc1. The van der Waals surface area contributed by atoms with Gasteiger partial charge in [-0.2, -0.15) is 13.2 Å². The lowest BCUT2D eigenvalue weighted by Gasteiger charge is -2.21. The van der Waals surface area contributed by atoms with Crippen LogP contribution in [0.4, 0.5) is 13.2 Å². The second kappa shape index (κ2) is 9.55. The third kappa shape index (κ3) is 8.21.